The van der Waals surface area contributed by atoms with Crippen LogP contribution >= 0.6 is 0 Å². The molecule has 186 valence electrons. The first kappa shape index (κ1) is 24.3. The fourth-order valence-electron chi connectivity index (χ4n) is 4.76. The van der Waals surface area contributed by atoms with Gasteiger partial charge in [-0.25, -0.2) is 4.98 Å². The zero-order chi connectivity index (χ0) is 25.8. The molecule has 0 atom stereocenters. The summed E-state index contributed by atoms with van der Waals surface area (Å²) < 4.78 is 6.04. The van der Waals surface area contributed by atoms with Crippen molar-refractivity contribution in [3.05, 3.63) is 114 Å². The van der Waals surface area contributed by atoms with Crippen molar-refractivity contribution < 1.29 is 9.21 Å². The molecule has 5 nitrogen and oxygen atoms in total. The smallest absolute Gasteiger partial charge is 0.239 e. The van der Waals surface area contributed by atoms with Gasteiger partial charge in [-0.2, -0.15) is 0 Å². The zero-order valence-electron chi connectivity index (χ0n) is 21.4. The molecule has 0 aliphatic heterocycles. The van der Waals surface area contributed by atoms with Crippen LogP contribution in [0.3, 0.4) is 0 Å². The number of anilines is 2. The molecule has 5 aromatic rings. The van der Waals surface area contributed by atoms with Gasteiger partial charge in [-0.3, -0.25) is 4.79 Å². The first-order valence-electron chi connectivity index (χ1n) is 12.7. The molecule has 0 aliphatic rings. The number of carbonyl (C=O) groups excluding carboxylic acids is 1. The molecule has 1 N–H and O–H groups in total. The summed E-state index contributed by atoms with van der Waals surface area (Å²) in [6, 6.07) is 33.6. The number of rotatable bonds is 8. The Labute approximate surface area is 217 Å². The molecule has 0 aliphatic carbocycles. The summed E-state index contributed by atoms with van der Waals surface area (Å²) in [6.07, 6.45) is 0. The third-order valence-corrected chi connectivity index (χ3v) is 7.04. The fraction of sp³-hybridized carbons (Fsp3) is 0.188. The molecule has 0 unspecified atom stereocenters. The van der Waals surface area contributed by atoms with E-state index in [0.717, 1.165) is 29.8 Å². The number of aromatic nitrogens is 1. The van der Waals surface area contributed by atoms with E-state index in [9.17, 15) is 4.79 Å². The van der Waals surface area contributed by atoms with Gasteiger partial charge < -0.3 is 14.6 Å². The van der Waals surface area contributed by atoms with Crippen molar-refractivity contribution in [3.63, 3.8) is 0 Å². The maximum Gasteiger partial charge on any atom is 0.239 e. The van der Waals surface area contributed by atoms with Crippen molar-refractivity contribution in [2.45, 2.75) is 26.2 Å². The summed E-state index contributed by atoms with van der Waals surface area (Å²) in [5, 5.41) is 3.13. The summed E-state index contributed by atoms with van der Waals surface area (Å²) in [7, 11) is 0. The number of fused-ring (bicyclic) bond motifs is 1. The summed E-state index contributed by atoms with van der Waals surface area (Å²) in [4.78, 5) is 20.8. The highest BCUT2D eigenvalue weighted by Gasteiger charge is 2.37. The van der Waals surface area contributed by atoms with E-state index in [-0.39, 0.29) is 5.91 Å². The predicted molar refractivity (Wildman–Crippen MR) is 151 cm³/mol. The summed E-state index contributed by atoms with van der Waals surface area (Å²) in [5.74, 6) is 0.447. The van der Waals surface area contributed by atoms with Gasteiger partial charge in [0.2, 0.25) is 11.8 Å². The third kappa shape index (κ3) is 4.73. The lowest BCUT2D eigenvalue weighted by molar-refractivity contribution is -0.119. The second-order valence-corrected chi connectivity index (χ2v) is 9.23. The molecule has 1 amide bonds. The average Bonchev–Trinajstić information content (AvgIpc) is 3.38. The maximum atomic E-state index is 13.8. The van der Waals surface area contributed by atoms with E-state index in [1.165, 1.54) is 5.69 Å². The topological polar surface area (TPSA) is 58.4 Å². The van der Waals surface area contributed by atoms with Gasteiger partial charge in [0.15, 0.2) is 5.58 Å². The Morgan fingerprint density at radius 1 is 0.838 bits per heavy atom. The SMILES string of the molecule is CCN(CC)c1ccc(-c2nc3cc(NC(=O)C(C)(c4ccccc4)c4ccccc4)ccc3o2)cc1. The molecule has 4 aromatic carbocycles. The van der Waals surface area contributed by atoms with Crippen LogP contribution < -0.4 is 10.2 Å². The van der Waals surface area contributed by atoms with Crippen molar-refractivity contribution in [3.8, 4) is 11.5 Å². The predicted octanol–water partition coefficient (Wildman–Crippen LogP) is 7.29. The van der Waals surface area contributed by atoms with Gasteiger partial charge in [0.25, 0.3) is 0 Å². The van der Waals surface area contributed by atoms with Crippen molar-refractivity contribution in [2.75, 3.05) is 23.3 Å². The molecule has 1 aromatic heterocycles. The minimum Gasteiger partial charge on any atom is -0.436 e. The second kappa shape index (κ2) is 10.3. The summed E-state index contributed by atoms with van der Waals surface area (Å²) in [5.41, 5.74) is 5.13. The van der Waals surface area contributed by atoms with E-state index in [1.54, 1.807) is 0 Å². The van der Waals surface area contributed by atoms with Crippen LogP contribution in [0.2, 0.25) is 0 Å². The lowest BCUT2D eigenvalue weighted by atomic mass is 9.75. The molecule has 0 fully saturated rings. The summed E-state index contributed by atoms with van der Waals surface area (Å²) >= 11 is 0. The van der Waals surface area contributed by atoms with Crippen LogP contribution in [-0.2, 0) is 10.2 Å². The number of nitrogens with one attached hydrogen (secondary N) is 1. The Morgan fingerprint density at radius 2 is 1.43 bits per heavy atom. The van der Waals surface area contributed by atoms with E-state index < -0.39 is 5.41 Å². The quantitative estimate of drug-likeness (QED) is 0.249. The van der Waals surface area contributed by atoms with Crippen LogP contribution in [0.25, 0.3) is 22.6 Å². The molecule has 1 heterocycles. The zero-order valence-corrected chi connectivity index (χ0v) is 21.4. The maximum absolute atomic E-state index is 13.8. The normalized spacial score (nSPS) is 11.4. The Balaban J connectivity index is 1.43. The highest BCUT2D eigenvalue weighted by Crippen LogP contribution is 2.34. The van der Waals surface area contributed by atoms with Gasteiger partial charge in [0.05, 0.1) is 5.41 Å². The largest absolute Gasteiger partial charge is 0.436 e. The lowest BCUT2D eigenvalue weighted by Crippen LogP contribution is -2.38. The van der Waals surface area contributed by atoms with Gasteiger partial charge in [0, 0.05) is 30.0 Å². The number of hydrogen-bond donors (Lipinski definition) is 1. The number of hydrogen-bond acceptors (Lipinski definition) is 4. The average molecular weight is 490 g/mol. The highest BCUT2D eigenvalue weighted by atomic mass is 16.3. The van der Waals surface area contributed by atoms with E-state index in [2.05, 4.69) is 36.2 Å². The molecular formula is C32H31N3O2. The number of amides is 1. The van der Waals surface area contributed by atoms with Gasteiger partial charge in [-0.05, 0) is 74.4 Å². The molecule has 0 spiro atoms. The molecular weight excluding hydrogens is 458 g/mol. The van der Waals surface area contributed by atoms with E-state index >= 15 is 0 Å². The van der Waals surface area contributed by atoms with Gasteiger partial charge >= 0.3 is 0 Å². The second-order valence-electron chi connectivity index (χ2n) is 9.23. The third-order valence-electron chi connectivity index (χ3n) is 7.04. The van der Waals surface area contributed by atoms with Gasteiger partial charge in [-0.15, -0.1) is 0 Å². The molecule has 5 heteroatoms. The van der Waals surface area contributed by atoms with Gasteiger partial charge in [-0.1, -0.05) is 60.7 Å². The Kier molecular flexibility index (Phi) is 6.78. The van der Waals surface area contributed by atoms with Crippen LogP contribution in [-0.4, -0.2) is 24.0 Å². The van der Waals surface area contributed by atoms with E-state index in [0.29, 0.717) is 22.7 Å². The minimum atomic E-state index is -0.862. The van der Waals surface area contributed by atoms with E-state index in [4.69, 9.17) is 9.40 Å². The minimum absolute atomic E-state index is 0.111. The first-order chi connectivity index (χ1) is 18.0. The van der Waals surface area contributed by atoms with Crippen molar-refractivity contribution in [1.29, 1.82) is 0 Å². The van der Waals surface area contributed by atoms with E-state index in [1.807, 2.05) is 97.9 Å². The van der Waals surface area contributed by atoms with Crippen molar-refractivity contribution in [1.82, 2.24) is 4.98 Å². The first-order valence-corrected chi connectivity index (χ1v) is 12.7. The molecule has 5 rings (SSSR count). The molecule has 0 saturated carbocycles. The van der Waals surface area contributed by atoms with Crippen LogP contribution in [0.5, 0.6) is 0 Å². The van der Waals surface area contributed by atoms with Crippen molar-refractivity contribution in [2.24, 2.45) is 0 Å². The Bertz CT molecular complexity index is 1450. The summed E-state index contributed by atoms with van der Waals surface area (Å²) in [6.45, 7) is 8.18. The number of oxazole rings is 1. The number of benzene rings is 4. The molecule has 0 bridgehead atoms. The lowest BCUT2D eigenvalue weighted by Gasteiger charge is -2.29. The fourth-order valence-corrected chi connectivity index (χ4v) is 4.76. The molecule has 37 heavy (non-hydrogen) atoms. The Morgan fingerprint density at radius 3 is 2.00 bits per heavy atom. The standard InChI is InChI=1S/C32H31N3O2/c1-4-35(5-2)27-19-16-23(17-20-27)30-34-28-22-26(18-21-29(28)37-30)33-31(36)32(3,24-12-8-6-9-13-24)25-14-10-7-11-15-25/h6-22H,4-5H2,1-3H3,(H,33,36). The van der Waals surface area contributed by atoms with Crippen LogP contribution in [0.4, 0.5) is 11.4 Å². The molecule has 0 radical (unpaired) electrons. The number of carbonyl (C=O) groups is 1. The van der Waals surface area contributed by atoms with Crippen LogP contribution in [0, 0.1) is 0 Å². The highest BCUT2D eigenvalue weighted by molar-refractivity contribution is 6.02. The van der Waals surface area contributed by atoms with Gasteiger partial charge in [0.1, 0.15) is 5.52 Å². The van der Waals surface area contributed by atoms with Crippen LogP contribution in [0.1, 0.15) is 31.9 Å². The Hall–Kier alpha value is -4.38. The number of nitrogens with zero attached hydrogens (tertiary/aromatic N) is 2. The van der Waals surface area contributed by atoms with Crippen molar-refractivity contribution >= 4 is 28.4 Å². The monoisotopic (exact) mass is 489 g/mol. The molecule has 0 saturated heterocycles. The van der Waals surface area contributed by atoms with Crippen LogP contribution in [0.15, 0.2) is 108 Å².